The number of thiazole rings is 1. The summed E-state index contributed by atoms with van der Waals surface area (Å²) in [5, 5.41) is 4.67. The summed E-state index contributed by atoms with van der Waals surface area (Å²) in [6.07, 6.45) is 6.14. The fourth-order valence-corrected chi connectivity index (χ4v) is 2.89. The van der Waals surface area contributed by atoms with E-state index in [1.165, 1.54) is 22.5 Å². The van der Waals surface area contributed by atoms with E-state index >= 15 is 0 Å². The quantitative estimate of drug-likeness (QED) is 0.775. The lowest BCUT2D eigenvalue weighted by Crippen LogP contribution is -2.12. The van der Waals surface area contributed by atoms with Gasteiger partial charge in [-0.3, -0.25) is 4.98 Å². The molecule has 72 valence electrons. The van der Waals surface area contributed by atoms with Crippen molar-refractivity contribution in [2.45, 2.75) is 18.9 Å². The lowest BCUT2D eigenvalue weighted by molar-refractivity contribution is 0.644. The topological polar surface area (TPSA) is 37.8 Å². The Hall–Kier alpha value is -1.00. The van der Waals surface area contributed by atoms with E-state index in [4.69, 9.17) is 0 Å². The van der Waals surface area contributed by atoms with Crippen molar-refractivity contribution in [1.29, 1.82) is 0 Å². The van der Waals surface area contributed by atoms with Crippen molar-refractivity contribution in [2.75, 3.05) is 6.54 Å². The maximum Gasteiger partial charge on any atom is 0.111 e. The molecule has 0 aliphatic carbocycles. The molecular formula is C10H11N3S. The summed E-state index contributed by atoms with van der Waals surface area (Å²) >= 11 is 1.78. The summed E-state index contributed by atoms with van der Waals surface area (Å²) in [5.41, 5.74) is 1.03. The Balaban J connectivity index is 2.05. The Morgan fingerprint density at radius 1 is 1.50 bits per heavy atom. The highest BCUT2D eigenvalue weighted by Crippen LogP contribution is 2.29. The van der Waals surface area contributed by atoms with E-state index < -0.39 is 0 Å². The minimum Gasteiger partial charge on any atom is -0.308 e. The normalized spacial score (nSPS) is 21.9. The van der Waals surface area contributed by atoms with Crippen LogP contribution in [0.25, 0.3) is 10.2 Å². The van der Waals surface area contributed by atoms with Crippen LogP contribution in [0.15, 0.2) is 18.5 Å². The lowest BCUT2D eigenvalue weighted by Gasteiger charge is -2.03. The molecular weight excluding hydrogens is 194 g/mol. The number of nitrogens with one attached hydrogen (secondary N) is 1. The molecule has 0 amide bonds. The van der Waals surface area contributed by atoms with E-state index in [9.17, 15) is 0 Å². The summed E-state index contributed by atoms with van der Waals surface area (Å²) in [5.74, 6) is 0. The molecule has 0 radical (unpaired) electrons. The first-order chi connectivity index (χ1) is 6.93. The van der Waals surface area contributed by atoms with Gasteiger partial charge in [0.1, 0.15) is 5.01 Å². The predicted octanol–water partition coefficient (Wildman–Crippen LogP) is 2.12. The van der Waals surface area contributed by atoms with Crippen molar-refractivity contribution in [3.8, 4) is 0 Å². The molecule has 1 unspecified atom stereocenters. The Labute approximate surface area is 86.2 Å². The summed E-state index contributed by atoms with van der Waals surface area (Å²) in [6.45, 7) is 1.12. The molecule has 4 heteroatoms. The number of nitrogens with zero attached hydrogens (tertiary/aromatic N) is 2. The monoisotopic (exact) mass is 205 g/mol. The van der Waals surface area contributed by atoms with Crippen molar-refractivity contribution in [3.05, 3.63) is 23.5 Å². The zero-order valence-corrected chi connectivity index (χ0v) is 8.55. The van der Waals surface area contributed by atoms with Gasteiger partial charge in [0.15, 0.2) is 0 Å². The van der Waals surface area contributed by atoms with E-state index in [0.29, 0.717) is 6.04 Å². The molecule has 0 saturated carbocycles. The first kappa shape index (κ1) is 8.32. The molecule has 1 atom stereocenters. The summed E-state index contributed by atoms with van der Waals surface area (Å²) in [7, 11) is 0. The maximum atomic E-state index is 4.59. The Bertz CT molecular complexity index is 412. The third-order valence-corrected chi connectivity index (χ3v) is 3.71. The summed E-state index contributed by atoms with van der Waals surface area (Å²) < 4.78 is 1.24. The maximum absolute atomic E-state index is 4.59. The van der Waals surface area contributed by atoms with E-state index in [0.717, 1.165) is 12.1 Å². The lowest BCUT2D eigenvalue weighted by atomic mass is 10.2. The zero-order chi connectivity index (χ0) is 9.38. The van der Waals surface area contributed by atoms with Crippen molar-refractivity contribution in [3.63, 3.8) is 0 Å². The third kappa shape index (κ3) is 1.31. The van der Waals surface area contributed by atoms with Crippen LogP contribution in [-0.4, -0.2) is 16.5 Å². The van der Waals surface area contributed by atoms with Crippen molar-refractivity contribution < 1.29 is 0 Å². The van der Waals surface area contributed by atoms with Crippen LogP contribution in [0.2, 0.25) is 0 Å². The van der Waals surface area contributed by atoms with Crippen LogP contribution in [0.3, 0.4) is 0 Å². The summed E-state index contributed by atoms with van der Waals surface area (Å²) in [4.78, 5) is 8.66. The van der Waals surface area contributed by atoms with E-state index in [1.54, 1.807) is 11.3 Å². The van der Waals surface area contributed by atoms with Gasteiger partial charge in [0.25, 0.3) is 0 Å². The molecule has 1 N–H and O–H groups in total. The number of hydrogen-bond donors (Lipinski definition) is 1. The number of fused-ring (bicyclic) bond motifs is 1. The molecule has 0 bridgehead atoms. The van der Waals surface area contributed by atoms with Gasteiger partial charge in [-0.15, -0.1) is 11.3 Å². The Morgan fingerprint density at radius 3 is 3.29 bits per heavy atom. The second kappa shape index (κ2) is 3.29. The average molecular weight is 205 g/mol. The highest BCUT2D eigenvalue weighted by atomic mass is 32.1. The van der Waals surface area contributed by atoms with E-state index in [2.05, 4.69) is 15.3 Å². The number of rotatable bonds is 1. The molecule has 3 nitrogen and oxygen atoms in total. The molecule has 1 saturated heterocycles. The van der Waals surface area contributed by atoms with Gasteiger partial charge in [-0.05, 0) is 25.5 Å². The molecule has 2 aromatic heterocycles. The van der Waals surface area contributed by atoms with E-state index in [1.807, 2.05) is 18.5 Å². The smallest absolute Gasteiger partial charge is 0.111 e. The highest BCUT2D eigenvalue weighted by molar-refractivity contribution is 7.18. The zero-order valence-electron chi connectivity index (χ0n) is 7.73. The van der Waals surface area contributed by atoms with Crippen LogP contribution < -0.4 is 5.32 Å². The van der Waals surface area contributed by atoms with Crippen LogP contribution in [-0.2, 0) is 0 Å². The van der Waals surface area contributed by atoms with Gasteiger partial charge in [0.05, 0.1) is 22.5 Å². The molecule has 2 aromatic rings. The molecule has 1 aliphatic rings. The van der Waals surface area contributed by atoms with Crippen molar-refractivity contribution in [2.24, 2.45) is 0 Å². The van der Waals surface area contributed by atoms with Gasteiger partial charge in [-0.2, -0.15) is 0 Å². The Kier molecular flexibility index (Phi) is 1.96. The van der Waals surface area contributed by atoms with Crippen LogP contribution >= 0.6 is 11.3 Å². The highest BCUT2D eigenvalue weighted by Gasteiger charge is 2.19. The van der Waals surface area contributed by atoms with Gasteiger partial charge in [-0.25, -0.2) is 4.98 Å². The molecule has 14 heavy (non-hydrogen) atoms. The molecule has 3 rings (SSSR count). The molecule has 1 fully saturated rings. The van der Waals surface area contributed by atoms with E-state index in [-0.39, 0.29) is 0 Å². The van der Waals surface area contributed by atoms with Crippen LogP contribution in [0.4, 0.5) is 0 Å². The third-order valence-electron chi connectivity index (χ3n) is 2.56. The molecule has 3 heterocycles. The minimum absolute atomic E-state index is 0.479. The predicted molar refractivity (Wildman–Crippen MR) is 57.4 cm³/mol. The van der Waals surface area contributed by atoms with Gasteiger partial charge >= 0.3 is 0 Å². The number of hydrogen-bond acceptors (Lipinski definition) is 4. The van der Waals surface area contributed by atoms with Gasteiger partial charge in [-0.1, -0.05) is 0 Å². The van der Waals surface area contributed by atoms with Crippen molar-refractivity contribution >= 4 is 21.6 Å². The second-order valence-corrected chi connectivity index (χ2v) is 4.61. The summed E-state index contributed by atoms with van der Waals surface area (Å²) in [6, 6.07) is 2.51. The number of pyridine rings is 1. The van der Waals surface area contributed by atoms with Gasteiger partial charge in [0, 0.05) is 6.20 Å². The fraction of sp³-hybridized carbons (Fsp3) is 0.400. The SMILES string of the molecule is c1cc2sc(C3CCCN3)nc2cn1. The second-order valence-electron chi connectivity index (χ2n) is 3.54. The molecule has 1 aliphatic heterocycles. The van der Waals surface area contributed by atoms with Crippen LogP contribution in [0, 0.1) is 0 Å². The average Bonchev–Trinajstić information content (AvgIpc) is 2.86. The van der Waals surface area contributed by atoms with Crippen LogP contribution in [0.5, 0.6) is 0 Å². The first-order valence-corrected chi connectivity index (χ1v) is 5.69. The van der Waals surface area contributed by atoms with Gasteiger partial charge < -0.3 is 5.32 Å². The minimum atomic E-state index is 0.479. The first-order valence-electron chi connectivity index (χ1n) is 4.87. The Morgan fingerprint density at radius 2 is 2.50 bits per heavy atom. The fourth-order valence-electron chi connectivity index (χ4n) is 1.84. The number of aromatic nitrogens is 2. The standard InChI is InChI=1S/C10H11N3S/c1-2-7(12-4-1)10-13-8-6-11-5-3-9(8)14-10/h3,5-7,12H,1-2,4H2. The van der Waals surface area contributed by atoms with Crippen molar-refractivity contribution in [1.82, 2.24) is 15.3 Å². The van der Waals surface area contributed by atoms with Crippen LogP contribution in [0.1, 0.15) is 23.9 Å². The molecule has 0 aromatic carbocycles. The largest absolute Gasteiger partial charge is 0.308 e. The molecule has 0 spiro atoms. The van der Waals surface area contributed by atoms with Gasteiger partial charge in [0.2, 0.25) is 0 Å².